The maximum Gasteiger partial charge on any atom is 0.276 e. The van der Waals surface area contributed by atoms with Crippen molar-refractivity contribution >= 4 is 84.8 Å². The van der Waals surface area contributed by atoms with Crippen molar-refractivity contribution in [2.24, 2.45) is 0 Å². The van der Waals surface area contributed by atoms with Crippen molar-refractivity contribution in [3.63, 3.8) is 0 Å². The van der Waals surface area contributed by atoms with Gasteiger partial charge in [0.2, 0.25) is 17.7 Å². The Morgan fingerprint density at radius 2 is 1.63 bits per heavy atom. The molecule has 2 unspecified atom stereocenters. The summed E-state index contributed by atoms with van der Waals surface area (Å²) < 4.78 is 51.1. The van der Waals surface area contributed by atoms with Crippen LogP contribution in [0.2, 0.25) is 0 Å². The largest absolute Gasteiger partial charge is 0.493 e. The molecule has 3 atom stereocenters. The first-order chi connectivity index (χ1) is 32.5. The fourth-order valence-electron chi connectivity index (χ4n) is 7.60. The summed E-state index contributed by atoms with van der Waals surface area (Å²) in [5, 5.41) is 9.32. The molecule has 4 amide bonds. The van der Waals surface area contributed by atoms with E-state index in [1.54, 1.807) is 25.3 Å². The van der Waals surface area contributed by atoms with E-state index in [-0.39, 0.29) is 73.7 Å². The number of nitrogens with one attached hydrogen (secondary N) is 4. The summed E-state index contributed by atoms with van der Waals surface area (Å²) in [6.07, 6.45) is 3.71. The lowest BCUT2D eigenvalue weighted by Crippen LogP contribution is -2.44. The Labute approximate surface area is 413 Å². The number of nitrogens with zero attached hydrogens (tertiary/aromatic N) is 1. The highest BCUT2D eigenvalue weighted by molar-refractivity contribution is 8.77. The van der Waals surface area contributed by atoms with Crippen LogP contribution in [0.4, 0.5) is 11.4 Å². The number of carbonyl (C=O) groups excluding carboxylic acids is 5. The molecule has 0 saturated carbocycles. The first-order valence-corrected chi connectivity index (χ1v) is 27.4. The van der Waals surface area contributed by atoms with Gasteiger partial charge < -0.3 is 45.2 Å². The number of fused-ring (bicyclic) bond motifs is 1. The van der Waals surface area contributed by atoms with E-state index in [0.717, 1.165) is 41.6 Å². The summed E-state index contributed by atoms with van der Waals surface area (Å²) >= 11 is 1.43. The molecule has 68 heavy (non-hydrogen) atoms. The number of likely N-dealkylation sites (N-methyl/N-ethyl adjacent to an activating group) is 1. The number of rotatable bonds is 30. The second-order valence-corrected chi connectivity index (χ2v) is 23.1. The van der Waals surface area contributed by atoms with Gasteiger partial charge in [0.1, 0.15) is 12.9 Å². The summed E-state index contributed by atoms with van der Waals surface area (Å²) in [6.45, 7) is 8.97. The molecule has 4 rings (SSSR count). The van der Waals surface area contributed by atoms with Crippen LogP contribution in [-0.4, -0.2) is 116 Å². The van der Waals surface area contributed by atoms with Crippen LogP contribution in [-0.2, 0) is 53.7 Å². The Kier molecular flexibility index (Phi) is 23.0. The minimum absolute atomic E-state index is 0.0199. The molecule has 1 aliphatic heterocycles. The number of benzene rings is 3. The van der Waals surface area contributed by atoms with E-state index in [1.807, 2.05) is 82.1 Å². The molecule has 0 fully saturated rings. The number of para-hydroxylation sites is 1. The highest BCUT2D eigenvalue weighted by Crippen LogP contribution is 2.40. The third-order valence-corrected chi connectivity index (χ3v) is 17.5. The van der Waals surface area contributed by atoms with Crippen LogP contribution < -0.4 is 35.6 Å². The highest BCUT2D eigenvalue weighted by Gasteiger charge is 2.35. The zero-order valence-corrected chi connectivity index (χ0v) is 43.2. The minimum Gasteiger partial charge on any atom is -0.493 e. The van der Waals surface area contributed by atoms with Crippen LogP contribution in [0.25, 0.3) is 0 Å². The normalized spacial score (nSPS) is 14.5. The van der Waals surface area contributed by atoms with Gasteiger partial charge in [-0.05, 0) is 112 Å². The molecular weight excluding hydrogens is 951 g/mol. The van der Waals surface area contributed by atoms with E-state index in [1.165, 1.54) is 40.5 Å². The predicted octanol–water partition coefficient (Wildman–Crippen LogP) is 6.85. The highest BCUT2D eigenvalue weighted by atomic mass is 33.1. The van der Waals surface area contributed by atoms with Gasteiger partial charge in [0, 0.05) is 72.3 Å². The Hall–Kier alpha value is -4.31. The smallest absolute Gasteiger partial charge is 0.276 e. The van der Waals surface area contributed by atoms with Crippen LogP contribution in [0, 0.1) is 0 Å². The molecule has 0 saturated heterocycles. The van der Waals surface area contributed by atoms with Crippen molar-refractivity contribution in [2.45, 2.75) is 112 Å². The number of amides is 4. The average Bonchev–Trinajstić information content (AvgIpc) is 3.67. The number of methoxy groups -OCH3 is 2. The topological polar surface area (TPSA) is 219 Å². The van der Waals surface area contributed by atoms with E-state index < -0.39 is 31.3 Å². The minimum atomic E-state index is -4.73. The van der Waals surface area contributed by atoms with Crippen molar-refractivity contribution < 1.29 is 51.2 Å². The number of ether oxygens (including phenoxy) is 3. The van der Waals surface area contributed by atoms with E-state index in [0.29, 0.717) is 48.6 Å². The zero-order chi connectivity index (χ0) is 49.9. The quantitative estimate of drug-likeness (QED) is 0.0200. The molecule has 0 spiro atoms. The summed E-state index contributed by atoms with van der Waals surface area (Å²) in [7, 11) is 3.03. The third kappa shape index (κ3) is 17.3. The van der Waals surface area contributed by atoms with Gasteiger partial charge in [-0.25, -0.2) is 0 Å². The molecule has 1 heterocycles. The maximum absolute atomic E-state index is 13.9. The Balaban J connectivity index is 1.27. The van der Waals surface area contributed by atoms with Crippen molar-refractivity contribution in [1.29, 1.82) is 0 Å². The molecule has 0 aliphatic carbocycles. The second kappa shape index (κ2) is 27.8. The number of hydrogen-bond acceptors (Lipinski definition) is 14. The fraction of sp³-hybridized carbons (Fsp3) is 0.521. The molecule has 1 aliphatic rings. The van der Waals surface area contributed by atoms with Crippen molar-refractivity contribution in [1.82, 2.24) is 16.0 Å². The van der Waals surface area contributed by atoms with Gasteiger partial charge in [0.05, 0.1) is 25.0 Å². The van der Waals surface area contributed by atoms with Gasteiger partial charge in [-0.1, -0.05) is 53.6 Å². The number of thioether (sulfide) groups is 1. The molecule has 16 nitrogen and oxygen atoms in total. The van der Waals surface area contributed by atoms with Crippen molar-refractivity contribution in [3.8, 4) is 11.5 Å². The molecule has 374 valence electrons. The lowest BCUT2D eigenvalue weighted by molar-refractivity contribution is -0.123. The van der Waals surface area contributed by atoms with Crippen molar-refractivity contribution in [2.75, 3.05) is 56.9 Å². The van der Waals surface area contributed by atoms with Crippen LogP contribution in [0.5, 0.6) is 11.5 Å². The van der Waals surface area contributed by atoms with Crippen LogP contribution in [0.3, 0.4) is 0 Å². The molecule has 3 aromatic rings. The van der Waals surface area contributed by atoms with E-state index >= 15 is 0 Å². The molecule has 0 bridgehead atoms. The van der Waals surface area contributed by atoms with Gasteiger partial charge in [0.25, 0.3) is 16.0 Å². The summed E-state index contributed by atoms with van der Waals surface area (Å²) in [5.41, 5.74) is 4.64. The zero-order valence-electron chi connectivity index (χ0n) is 40.0. The Morgan fingerprint density at radius 1 is 0.941 bits per heavy atom. The summed E-state index contributed by atoms with van der Waals surface area (Å²) in [4.78, 5) is 65.7. The second-order valence-electron chi connectivity index (χ2n) is 16.9. The van der Waals surface area contributed by atoms with Gasteiger partial charge in [0.15, 0.2) is 16.7 Å². The number of anilines is 2. The summed E-state index contributed by atoms with van der Waals surface area (Å²) in [5.74, 6) is -0.505. The van der Waals surface area contributed by atoms with Gasteiger partial charge in [-0.2, -0.15) is 8.42 Å². The molecule has 20 heteroatoms. The molecule has 5 N–H and O–H groups in total. The SMILES string of the molecule is CCC(CC)SC(CC=O)C(=O)NCCNC(=O)C(CCSSC(C)(C)CCC(=O)Nc1cc(COC)cc(COc2ccc(C(=O)N3c4ccccc4C[C@H]3CNC)cc2OC)c1)S(=O)(=O)O. The monoisotopic (exact) mass is 1020 g/mol. The Morgan fingerprint density at radius 3 is 2.28 bits per heavy atom. The number of carbonyl (C=O) groups is 5. The Bertz CT molecular complexity index is 2280. The fourth-order valence-corrected chi connectivity index (χ4v) is 12.4. The van der Waals surface area contributed by atoms with Crippen LogP contribution in [0.1, 0.15) is 93.3 Å². The van der Waals surface area contributed by atoms with Gasteiger partial charge in [-0.3, -0.25) is 23.7 Å². The van der Waals surface area contributed by atoms with E-state index in [4.69, 9.17) is 14.2 Å². The standard InChI is InChI=1S/C48H67N5O11S4/c1-8-38(9-2)66-42(17-22-54)45(56)50-20-21-51-46(57)43(68(59,60)61)18-23-65-67-48(3,4)19-16-44(55)52-36-25-32(30-62-6)24-33(26-36)31-64-40-15-14-35(28-41(40)63-7)47(58)53-37(29-49-5)27-34-12-10-11-13-39(34)53/h10-15,22,24-26,28,37-38,42-43,49H,8-9,16-21,23,27,29-31H2,1-7H3,(H,50,56)(H,51,57)(H,52,55)(H,59,60,61)/t37-,42?,43?/m0/s1. The lowest BCUT2D eigenvalue weighted by atomic mass is 10.1. The molecule has 3 aromatic carbocycles. The van der Waals surface area contributed by atoms with Crippen molar-refractivity contribution in [3.05, 3.63) is 82.9 Å². The third-order valence-electron chi connectivity index (χ3n) is 11.1. The van der Waals surface area contributed by atoms with Crippen LogP contribution in [0.15, 0.2) is 60.7 Å². The molecular formula is C48H67N5O11S4. The maximum atomic E-state index is 13.9. The van der Waals surface area contributed by atoms with E-state index in [2.05, 4.69) is 21.3 Å². The van der Waals surface area contributed by atoms with Gasteiger partial charge >= 0.3 is 0 Å². The number of hydrogen-bond donors (Lipinski definition) is 5. The first-order valence-electron chi connectivity index (χ1n) is 22.7. The van der Waals surface area contributed by atoms with E-state index in [9.17, 15) is 36.9 Å². The van der Waals surface area contributed by atoms with Gasteiger partial charge in [-0.15, -0.1) is 11.8 Å². The first kappa shape index (κ1) is 56.3. The molecule has 0 radical (unpaired) electrons. The lowest BCUT2D eigenvalue weighted by Gasteiger charge is -2.26. The molecule has 0 aromatic heterocycles. The van der Waals surface area contributed by atoms with Crippen LogP contribution >= 0.6 is 33.3 Å². The summed E-state index contributed by atoms with van der Waals surface area (Å²) in [6, 6.07) is 18.6. The number of aldehydes is 1. The predicted molar refractivity (Wildman–Crippen MR) is 274 cm³/mol. The average molecular weight is 1020 g/mol.